The number of aliphatic hydroxyl groups is 4. The van der Waals surface area contributed by atoms with E-state index in [2.05, 4.69) is 52.8 Å². The van der Waals surface area contributed by atoms with E-state index in [4.69, 9.17) is 36.6 Å². The van der Waals surface area contributed by atoms with E-state index in [0.29, 0.717) is 5.75 Å². The normalized spacial score (nSPS) is 23.0. The van der Waals surface area contributed by atoms with Crippen LogP contribution in [0.4, 0.5) is 18.0 Å². The predicted octanol–water partition coefficient (Wildman–Crippen LogP) is -3.53. The minimum Gasteiger partial charge on any atom is -0.475 e. The number of esters is 1. The maximum Gasteiger partial charge on any atom is 0.490 e. The Kier molecular flexibility index (Phi) is 39.7. The van der Waals surface area contributed by atoms with Gasteiger partial charge in [-0.3, -0.25) is 57.7 Å². The number of hydrogen-bond acceptors (Lipinski definition) is 22. The summed E-state index contributed by atoms with van der Waals surface area (Å²) in [5.41, 5.74) is 15.4. The molecule has 36 nitrogen and oxygen atoms in total. The molecule has 1 aromatic rings. The first-order valence-corrected chi connectivity index (χ1v) is 34.6. The van der Waals surface area contributed by atoms with E-state index in [1.807, 2.05) is 10.6 Å². The molecule has 0 saturated carbocycles. The number of primary amides is 1. The van der Waals surface area contributed by atoms with Crippen molar-refractivity contribution in [2.75, 3.05) is 31.7 Å². The standard InChI is InChI=1S/C62H103N15O19S.C2HF3O2/c1-14-32(8)41-55(89)75-42(33(9)79)54(88)67-27-40(80)73-44(47(82)49(63)83)57(91)71-39(28-78)59(93)95-48(34-19-16-15-17-20-34)45(77-53(87)38(26-30(4)5)69-50(84)36(22-24-97-13)72-61(94)96-62(10,11)12)58(92)76-43(46(81)31(6)7)56(90)70-37(25-29(2)3)52(86)68-35(51(85)74-41)21-18-23-66-60(64)65;3-2(4,5)1(6)7/h15-17,19-20,29-33,35-39,41-48,78-79,81-82H,14,18,21-28H2,1-13H3,(H2,63,83)(H,67,88)(H,68,86)(H,69,84)(H,70,90)(H,71,91)(H,72,94)(H,73,80)(H,74,85)(H,75,89)(H,76,92)(H,77,87)(H4,64,65,66);(H,6,7)/t32-,33-,35+,36+,37-,38-,39-,41?,42?,43-,44-,45-,46+,47-,48+;/m0./s1. The Bertz CT molecular complexity index is 3110. The average Bonchev–Trinajstić information content (AvgIpc) is 0.812. The lowest BCUT2D eigenvalue weighted by Gasteiger charge is -2.34. The van der Waals surface area contributed by atoms with Crippen molar-refractivity contribution in [1.29, 1.82) is 0 Å². The summed E-state index contributed by atoms with van der Waals surface area (Å²) >= 11 is 1.34. The zero-order valence-electron chi connectivity index (χ0n) is 60.3. The van der Waals surface area contributed by atoms with Crippen LogP contribution in [0.5, 0.6) is 0 Å². The van der Waals surface area contributed by atoms with Crippen LogP contribution in [0.25, 0.3) is 0 Å². The molecule has 2 rings (SSSR count). The second kappa shape index (κ2) is 44.5. The number of nitrogens with one attached hydrogen (secondary N) is 11. The van der Waals surface area contributed by atoms with E-state index < -0.39 is 216 Å². The second-order valence-electron chi connectivity index (χ2n) is 26.6. The number of aliphatic imine (C=N–C) groups is 1. The minimum atomic E-state index is -5.08. The van der Waals surface area contributed by atoms with E-state index in [9.17, 15) is 81.5 Å². The van der Waals surface area contributed by atoms with Crippen LogP contribution in [-0.2, 0) is 71.8 Å². The Morgan fingerprint density at radius 1 is 0.692 bits per heavy atom. The van der Waals surface area contributed by atoms with Crippen LogP contribution in [-0.4, -0.2) is 237 Å². The Balaban J connectivity index is 0.00000731. The van der Waals surface area contributed by atoms with E-state index in [1.54, 1.807) is 68.6 Å². The van der Waals surface area contributed by atoms with Gasteiger partial charge in [0.15, 0.2) is 24.2 Å². The third-order valence-electron chi connectivity index (χ3n) is 15.2. The number of carboxylic acid groups (broad SMARTS) is 1. The third-order valence-corrected chi connectivity index (χ3v) is 15.9. The molecule has 12 amide bonds. The van der Waals surface area contributed by atoms with Gasteiger partial charge in [-0.05, 0) is 101 Å². The first kappa shape index (κ1) is 92.9. The maximum absolute atomic E-state index is 15.5. The topological polar surface area (TPSA) is 581 Å². The molecule has 0 spiro atoms. The zero-order chi connectivity index (χ0) is 79.8. The monoisotopic (exact) mass is 1510 g/mol. The summed E-state index contributed by atoms with van der Waals surface area (Å²) in [6.45, 7) is 16.3. The zero-order valence-corrected chi connectivity index (χ0v) is 61.2. The highest BCUT2D eigenvalue weighted by Gasteiger charge is 2.44. The number of rotatable bonds is 25. The SMILES string of the molecule is CC[C@H](C)C1NC(=O)[C@@H](CCCN=C(N)N)NC(=O)[C@H](CC(C)C)NC(=O)[C@H]([C@H](O)C(C)C)NC(=O)[C@@H](NC(=O)[C@H](CC(C)C)NC(=O)[C@@H](CCSC)NC(=O)OC(C)(C)C)[C@@H](c2ccccc2)OC(=O)[C@H](CO)NC(=O)[C@H]([C@H](O)C(N)=O)NC(=O)CNC(=O)C([C@H](C)O)NC1=O.O=C(O)C(F)(F)F. The molecule has 22 N–H and O–H groups in total. The summed E-state index contributed by atoms with van der Waals surface area (Å²) in [5, 5.41) is 78.0. The maximum atomic E-state index is 15.5. The van der Waals surface area contributed by atoms with Crippen molar-refractivity contribution in [2.45, 2.75) is 218 Å². The van der Waals surface area contributed by atoms with Gasteiger partial charge in [-0.15, -0.1) is 0 Å². The highest BCUT2D eigenvalue weighted by molar-refractivity contribution is 7.98. The van der Waals surface area contributed by atoms with Gasteiger partial charge < -0.3 is 111 Å². The number of nitrogens with zero attached hydrogens (tertiary/aromatic N) is 1. The summed E-state index contributed by atoms with van der Waals surface area (Å²) in [5.74, 6) is -20.1. The molecule has 40 heteroatoms. The number of halogens is 3. The van der Waals surface area contributed by atoms with Crippen LogP contribution < -0.4 is 75.7 Å². The van der Waals surface area contributed by atoms with Crippen molar-refractivity contribution in [3.8, 4) is 0 Å². The average molecular weight is 1510 g/mol. The van der Waals surface area contributed by atoms with Gasteiger partial charge in [-0.1, -0.05) is 92.1 Å². The molecule has 1 aliphatic rings. The van der Waals surface area contributed by atoms with Gasteiger partial charge in [-0.2, -0.15) is 24.9 Å². The molecule has 0 aliphatic carbocycles. The van der Waals surface area contributed by atoms with E-state index >= 15 is 14.4 Å². The number of ether oxygens (including phenoxy) is 2. The molecule has 0 radical (unpaired) electrons. The number of guanidine groups is 1. The summed E-state index contributed by atoms with van der Waals surface area (Å²) < 4.78 is 43.1. The fourth-order valence-electron chi connectivity index (χ4n) is 9.58. The number of nitrogens with two attached hydrogens (primary N) is 3. The lowest BCUT2D eigenvalue weighted by atomic mass is 9.95. The Morgan fingerprint density at radius 2 is 1.23 bits per heavy atom. The molecule has 1 saturated heterocycles. The van der Waals surface area contributed by atoms with Crippen molar-refractivity contribution in [3.63, 3.8) is 0 Å². The van der Waals surface area contributed by atoms with Gasteiger partial charge in [0, 0.05) is 6.54 Å². The Labute approximate surface area is 604 Å². The molecular weight excluding hydrogens is 1400 g/mol. The molecule has 0 bridgehead atoms. The summed E-state index contributed by atoms with van der Waals surface area (Å²) in [6.07, 6.45) is -12.8. The number of carbonyl (C=O) groups excluding carboxylic acids is 13. The van der Waals surface area contributed by atoms with Crippen molar-refractivity contribution >= 4 is 101 Å². The van der Waals surface area contributed by atoms with Gasteiger partial charge >= 0.3 is 24.2 Å². The third kappa shape index (κ3) is 33.1. The number of carbonyl (C=O) groups is 14. The van der Waals surface area contributed by atoms with Crippen LogP contribution in [0.1, 0.15) is 133 Å². The lowest BCUT2D eigenvalue weighted by molar-refractivity contribution is -0.192. The van der Waals surface area contributed by atoms with E-state index in [1.165, 1.54) is 55.9 Å². The molecule has 2 unspecified atom stereocenters. The van der Waals surface area contributed by atoms with Crippen molar-refractivity contribution in [2.24, 2.45) is 45.9 Å². The van der Waals surface area contributed by atoms with Crippen molar-refractivity contribution in [1.82, 2.24) is 58.5 Å². The van der Waals surface area contributed by atoms with Crippen LogP contribution in [0.3, 0.4) is 0 Å². The summed E-state index contributed by atoms with van der Waals surface area (Å²) in [4.78, 5) is 198. The molecule has 0 aromatic heterocycles. The fourth-order valence-corrected chi connectivity index (χ4v) is 10.1. The molecule has 104 heavy (non-hydrogen) atoms. The van der Waals surface area contributed by atoms with Gasteiger partial charge in [0.2, 0.25) is 65.0 Å². The number of aliphatic carboxylic acids is 1. The number of alkyl halides is 3. The number of thioether (sulfide) groups is 1. The lowest BCUT2D eigenvalue weighted by Crippen LogP contribution is -2.64. The van der Waals surface area contributed by atoms with E-state index in [-0.39, 0.29) is 56.6 Å². The molecule has 1 aromatic carbocycles. The van der Waals surface area contributed by atoms with Crippen molar-refractivity contribution < 1.29 is 115 Å². The summed E-state index contributed by atoms with van der Waals surface area (Å²) in [7, 11) is 0. The minimum absolute atomic E-state index is 0.0311. The highest BCUT2D eigenvalue weighted by atomic mass is 32.2. The number of hydrogen-bond donors (Lipinski definition) is 19. The number of carboxylic acids is 1. The Hall–Kier alpha value is -9.15. The smallest absolute Gasteiger partial charge is 0.475 e. The number of aliphatic hydroxyl groups excluding tert-OH is 4. The Morgan fingerprint density at radius 3 is 1.73 bits per heavy atom. The molecular formula is C64H104F3N15O21S. The van der Waals surface area contributed by atoms with E-state index in [0.717, 1.165) is 6.92 Å². The second-order valence-corrected chi connectivity index (χ2v) is 27.6. The van der Waals surface area contributed by atoms with Crippen LogP contribution in [0.2, 0.25) is 0 Å². The molecule has 1 fully saturated rings. The molecule has 1 heterocycles. The molecule has 15 atom stereocenters. The number of benzene rings is 1. The number of amides is 12. The van der Waals surface area contributed by atoms with Crippen LogP contribution in [0, 0.1) is 23.7 Å². The number of cyclic esters (lactones) is 1. The first-order chi connectivity index (χ1) is 48.2. The first-order valence-electron chi connectivity index (χ1n) is 33.3. The van der Waals surface area contributed by atoms with Gasteiger partial charge in [-0.25, -0.2) is 14.4 Å². The number of alkyl carbamates (subject to hydrolysis) is 1. The molecule has 588 valence electrons. The van der Waals surface area contributed by atoms with Gasteiger partial charge in [0.1, 0.15) is 60.0 Å². The highest BCUT2D eigenvalue weighted by Crippen LogP contribution is 2.25. The fraction of sp³-hybridized carbons (Fsp3) is 0.672. The van der Waals surface area contributed by atoms with Crippen molar-refractivity contribution in [3.05, 3.63) is 35.9 Å². The largest absolute Gasteiger partial charge is 0.490 e. The van der Waals surface area contributed by atoms with Crippen LogP contribution >= 0.6 is 11.8 Å². The van der Waals surface area contributed by atoms with Gasteiger partial charge in [0.05, 0.1) is 25.4 Å². The van der Waals surface area contributed by atoms with Crippen LogP contribution in [0.15, 0.2) is 35.3 Å². The quantitative estimate of drug-likeness (QED) is 0.0195. The van der Waals surface area contributed by atoms with Gasteiger partial charge in [0.25, 0.3) is 0 Å². The molecule has 1 aliphatic heterocycles. The summed E-state index contributed by atoms with van der Waals surface area (Å²) in [6, 6.07) is -11.4. The predicted molar refractivity (Wildman–Crippen MR) is 369 cm³/mol.